The van der Waals surface area contributed by atoms with Crippen LogP contribution in [0.4, 0.5) is 20.2 Å². The van der Waals surface area contributed by atoms with Crippen molar-refractivity contribution in [1.82, 2.24) is 0 Å². The maximum atomic E-state index is 13.6. The van der Waals surface area contributed by atoms with Crippen molar-refractivity contribution in [1.29, 1.82) is 0 Å². The summed E-state index contributed by atoms with van der Waals surface area (Å²) < 4.78 is 52.5. The summed E-state index contributed by atoms with van der Waals surface area (Å²) in [5.74, 6) is -2.36. The number of halogens is 3. The van der Waals surface area contributed by atoms with Gasteiger partial charge in [-0.3, -0.25) is 4.72 Å². The molecule has 2 rings (SSSR count). The summed E-state index contributed by atoms with van der Waals surface area (Å²) >= 11 is 5.64. The standard InChI is InChI=1S/C13H11ClF2N2O2S/c14-11-5-9(15)6-12(16)13(11)18-21(19,20)7-8-1-3-10(17)4-2-8/h1-6,18H,7,17H2. The first-order chi connectivity index (χ1) is 9.77. The van der Waals surface area contributed by atoms with Gasteiger partial charge in [0.05, 0.1) is 10.8 Å². The average molecular weight is 333 g/mol. The smallest absolute Gasteiger partial charge is 0.237 e. The van der Waals surface area contributed by atoms with Crippen molar-refractivity contribution in [2.24, 2.45) is 0 Å². The molecule has 0 atom stereocenters. The Hall–Kier alpha value is -1.86. The normalized spacial score (nSPS) is 11.4. The van der Waals surface area contributed by atoms with Crippen molar-refractivity contribution in [3.63, 3.8) is 0 Å². The van der Waals surface area contributed by atoms with Crippen LogP contribution in [-0.2, 0) is 15.8 Å². The van der Waals surface area contributed by atoms with Crippen LogP contribution < -0.4 is 10.5 Å². The number of nitrogen functional groups attached to an aromatic ring is 1. The lowest BCUT2D eigenvalue weighted by Crippen LogP contribution is -2.16. The minimum Gasteiger partial charge on any atom is -0.399 e. The number of nitrogens with one attached hydrogen (secondary N) is 1. The second-order valence-electron chi connectivity index (χ2n) is 4.35. The third-order valence-electron chi connectivity index (χ3n) is 2.60. The molecule has 0 aliphatic rings. The van der Waals surface area contributed by atoms with E-state index >= 15 is 0 Å². The van der Waals surface area contributed by atoms with Gasteiger partial charge in [-0.05, 0) is 23.8 Å². The second-order valence-corrected chi connectivity index (χ2v) is 6.48. The van der Waals surface area contributed by atoms with Crippen molar-refractivity contribution >= 4 is 33.0 Å². The Labute approximate surface area is 125 Å². The van der Waals surface area contributed by atoms with Gasteiger partial charge >= 0.3 is 0 Å². The molecule has 112 valence electrons. The molecule has 4 nitrogen and oxygen atoms in total. The van der Waals surface area contributed by atoms with E-state index in [0.717, 1.165) is 6.07 Å². The lowest BCUT2D eigenvalue weighted by molar-refractivity contribution is 0.582. The number of benzene rings is 2. The maximum Gasteiger partial charge on any atom is 0.237 e. The molecule has 0 saturated carbocycles. The molecule has 0 aliphatic carbocycles. The van der Waals surface area contributed by atoms with E-state index < -0.39 is 27.3 Å². The highest BCUT2D eigenvalue weighted by Gasteiger charge is 2.17. The fraction of sp³-hybridized carbons (Fsp3) is 0.0769. The van der Waals surface area contributed by atoms with Gasteiger partial charge in [0, 0.05) is 11.8 Å². The summed E-state index contributed by atoms with van der Waals surface area (Å²) in [4.78, 5) is 0. The number of nitrogens with two attached hydrogens (primary N) is 1. The molecule has 2 aromatic rings. The minimum atomic E-state index is -3.90. The van der Waals surface area contributed by atoms with E-state index in [1.807, 2.05) is 4.72 Å². The predicted molar refractivity (Wildman–Crippen MR) is 78.5 cm³/mol. The molecule has 0 spiro atoms. The van der Waals surface area contributed by atoms with Crippen molar-refractivity contribution in [2.45, 2.75) is 5.75 Å². The van der Waals surface area contributed by atoms with Crippen LogP contribution in [0.25, 0.3) is 0 Å². The number of hydrogen-bond donors (Lipinski definition) is 2. The third kappa shape index (κ3) is 4.05. The second kappa shape index (κ2) is 5.87. The Bertz CT molecular complexity index is 741. The Morgan fingerprint density at radius 1 is 1.14 bits per heavy atom. The van der Waals surface area contributed by atoms with Crippen molar-refractivity contribution in [3.8, 4) is 0 Å². The first kappa shape index (κ1) is 15.5. The van der Waals surface area contributed by atoms with E-state index in [1.165, 1.54) is 12.1 Å². The highest BCUT2D eigenvalue weighted by Crippen LogP contribution is 2.27. The first-order valence-corrected chi connectivity index (χ1v) is 7.79. The molecule has 8 heteroatoms. The Kier molecular flexibility index (Phi) is 4.34. The number of rotatable bonds is 4. The maximum absolute atomic E-state index is 13.6. The quantitative estimate of drug-likeness (QED) is 0.845. The summed E-state index contributed by atoms with van der Waals surface area (Å²) in [5, 5.41) is -0.353. The molecule has 0 unspecified atom stereocenters. The molecule has 0 aromatic heterocycles. The molecule has 0 aliphatic heterocycles. The predicted octanol–water partition coefficient (Wildman–Crippen LogP) is 3.14. The molecule has 21 heavy (non-hydrogen) atoms. The topological polar surface area (TPSA) is 72.2 Å². The van der Waals surface area contributed by atoms with E-state index in [-0.39, 0.29) is 10.8 Å². The Morgan fingerprint density at radius 3 is 2.33 bits per heavy atom. The van der Waals surface area contributed by atoms with Gasteiger partial charge in [0.1, 0.15) is 11.5 Å². The average Bonchev–Trinajstić information content (AvgIpc) is 2.36. The summed E-state index contributed by atoms with van der Waals surface area (Å²) in [6.45, 7) is 0. The lowest BCUT2D eigenvalue weighted by atomic mass is 10.2. The van der Waals surface area contributed by atoms with Gasteiger partial charge in [0.25, 0.3) is 0 Å². The van der Waals surface area contributed by atoms with Crippen LogP contribution in [0.5, 0.6) is 0 Å². The molecule has 0 radical (unpaired) electrons. The van der Waals surface area contributed by atoms with E-state index in [0.29, 0.717) is 17.3 Å². The zero-order valence-corrected chi connectivity index (χ0v) is 12.2. The fourth-order valence-electron chi connectivity index (χ4n) is 1.66. The summed E-state index contributed by atoms with van der Waals surface area (Å²) in [6.07, 6.45) is 0. The van der Waals surface area contributed by atoms with Crippen LogP contribution in [0.1, 0.15) is 5.56 Å². The van der Waals surface area contributed by atoms with Crippen LogP contribution >= 0.6 is 11.6 Å². The van der Waals surface area contributed by atoms with Crippen LogP contribution in [-0.4, -0.2) is 8.42 Å². The summed E-state index contributed by atoms with van der Waals surface area (Å²) in [5.41, 5.74) is 5.99. The van der Waals surface area contributed by atoms with Crippen LogP contribution in [0.2, 0.25) is 5.02 Å². The van der Waals surface area contributed by atoms with Crippen LogP contribution in [0.3, 0.4) is 0 Å². The van der Waals surface area contributed by atoms with Crippen molar-refractivity contribution < 1.29 is 17.2 Å². The van der Waals surface area contributed by atoms with Gasteiger partial charge in [-0.15, -0.1) is 0 Å². The molecular formula is C13H11ClF2N2O2S. The molecule has 0 saturated heterocycles. The summed E-state index contributed by atoms with van der Waals surface area (Å²) in [7, 11) is -3.90. The number of sulfonamides is 1. The van der Waals surface area contributed by atoms with Crippen LogP contribution in [0, 0.1) is 11.6 Å². The molecule has 0 fully saturated rings. The molecule has 3 N–H and O–H groups in total. The zero-order chi connectivity index (χ0) is 15.6. The Morgan fingerprint density at radius 2 is 1.76 bits per heavy atom. The fourth-order valence-corrected chi connectivity index (χ4v) is 3.18. The van der Waals surface area contributed by atoms with Gasteiger partial charge in [-0.25, -0.2) is 17.2 Å². The third-order valence-corrected chi connectivity index (χ3v) is 4.13. The lowest BCUT2D eigenvalue weighted by Gasteiger charge is -2.11. The summed E-state index contributed by atoms with van der Waals surface area (Å²) in [6, 6.07) is 7.56. The minimum absolute atomic E-state index is 0.353. The highest BCUT2D eigenvalue weighted by molar-refractivity contribution is 7.91. The SMILES string of the molecule is Nc1ccc(CS(=O)(=O)Nc2c(F)cc(F)cc2Cl)cc1. The van der Waals surface area contributed by atoms with Crippen molar-refractivity contribution in [3.05, 3.63) is 58.6 Å². The van der Waals surface area contributed by atoms with E-state index in [4.69, 9.17) is 17.3 Å². The molecule has 0 amide bonds. The largest absolute Gasteiger partial charge is 0.399 e. The van der Waals surface area contributed by atoms with E-state index in [2.05, 4.69) is 0 Å². The molecule has 0 heterocycles. The monoisotopic (exact) mass is 332 g/mol. The van der Waals surface area contributed by atoms with Crippen LogP contribution in [0.15, 0.2) is 36.4 Å². The highest BCUT2D eigenvalue weighted by atomic mass is 35.5. The molecule has 2 aromatic carbocycles. The zero-order valence-electron chi connectivity index (χ0n) is 10.6. The van der Waals surface area contributed by atoms with Gasteiger partial charge in [-0.2, -0.15) is 0 Å². The molecule has 0 bridgehead atoms. The Balaban J connectivity index is 2.24. The number of anilines is 2. The number of hydrogen-bond acceptors (Lipinski definition) is 3. The molecular weight excluding hydrogens is 322 g/mol. The van der Waals surface area contributed by atoms with Gasteiger partial charge < -0.3 is 5.73 Å². The van der Waals surface area contributed by atoms with E-state index in [1.54, 1.807) is 12.1 Å². The van der Waals surface area contributed by atoms with Crippen molar-refractivity contribution in [2.75, 3.05) is 10.5 Å². The van der Waals surface area contributed by atoms with E-state index in [9.17, 15) is 17.2 Å². The van der Waals surface area contributed by atoms with Gasteiger partial charge in [-0.1, -0.05) is 23.7 Å². The van der Waals surface area contributed by atoms with Gasteiger partial charge in [0.15, 0.2) is 5.82 Å². The van der Waals surface area contributed by atoms with Gasteiger partial charge in [0.2, 0.25) is 10.0 Å². The first-order valence-electron chi connectivity index (χ1n) is 5.76.